The van der Waals surface area contributed by atoms with Crippen molar-refractivity contribution in [1.29, 1.82) is 0 Å². The molecule has 1 heterocycles. The minimum atomic E-state index is -0.616. The van der Waals surface area contributed by atoms with Crippen molar-refractivity contribution in [2.45, 2.75) is 6.92 Å². The summed E-state index contributed by atoms with van der Waals surface area (Å²) in [6, 6.07) is 16.1. The average Bonchev–Trinajstić information content (AvgIpc) is 2.65. The number of hydrogen-bond acceptors (Lipinski definition) is 4. The first-order valence-corrected chi connectivity index (χ1v) is 8.09. The molecule has 0 atom stereocenters. The van der Waals surface area contributed by atoms with Crippen LogP contribution in [-0.4, -0.2) is 16.8 Å². The summed E-state index contributed by atoms with van der Waals surface area (Å²) in [4.78, 5) is 27.5. The molecule has 27 heavy (non-hydrogen) atoms. The summed E-state index contributed by atoms with van der Waals surface area (Å²) in [5, 5.41) is 4.99. The number of carbonyl (C=O) groups is 2. The number of benzene rings is 2. The van der Waals surface area contributed by atoms with Gasteiger partial charge in [-0.1, -0.05) is 18.2 Å². The van der Waals surface area contributed by atoms with Gasteiger partial charge in [0.15, 0.2) is 0 Å². The van der Waals surface area contributed by atoms with Crippen LogP contribution in [0.1, 0.15) is 17.3 Å². The van der Waals surface area contributed by atoms with Crippen molar-refractivity contribution in [3.63, 3.8) is 0 Å². The van der Waals surface area contributed by atoms with Crippen LogP contribution in [0.5, 0.6) is 11.6 Å². The molecule has 0 bridgehead atoms. The van der Waals surface area contributed by atoms with Crippen molar-refractivity contribution in [2.24, 2.45) is 0 Å². The normalized spacial score (nSPS) is 10.1. The number of hydrogen-bond donors (Lipinski definition) is 2. The summed E-state index contributed by atoms with van der Waals surface area (Å²) in [5.41, 5.74) is 0.569. The van der Waals surface area contributed by atoms with Gasteiger partial charge in [-0.25, -0.2) is 9.37 Å². The van der Waals surface area contributed by atoms with Gasteiger partial charge in [-0.2, -0.15) is 0 Å². The van der Waals surface area contributed by atoms with Crippen molar-refractivity contribution >= 4 is 23.2 Å². The van der Waals surface area contributed by atoms with E-state index in [-0.39, 0.29) is 17.2 Å². The van der Waals surface area contributed by atoms with E-state index in [0.717, 1.165) is 6.07 Å². The molecule has 0 fully saturated rings. The molecular weight excluding hydrogens is 349 g/mol. The summed E-state index contributed by atoms with van der Waals surface area (Å²) < 4.78 is 19.5. The van der Waals surface area contributed by atoms with Gasteiger partial charge >= 0.3 is 0 Å². The number of carbonyl (C=O) groups excluding carboxylic acids is 2. The van der Waals surface area contributed by atoms with Gasteiger partial charge in [0.1, 0.15) is 11.6 Å². The van der Waals surface area contributed by atoms with Crippen LogP contribution in [0, 0.1) is 5.82 Å². The van der Waals surface area contributed by atoms with Gasteiger partial charge < -0.3 is 15.4 Å². The first-order chi connectivity index (χ1) is 13.0. The molecule has 136 valence electrons. The number of nitrogens with zero attached hydrogens (tertiary/aromatic N) is 1. The Bertz CT molecular complexity index is 960. The standard InChI is InChI=1S/C20H16FN3O3/c1-13(25)23-15-8-9-17(21)18(11-15)24-20(26)14-7-10-19(22-12-14)27-16-5-3-2-4-6-16/h2-12H,1H3,(H,23,25)(H,24,26). The van der Waals surface area contributed by atoms with Gasteiger partial charge in [0.2, 0.25) is 11.8 Å². The van der Waals surface area contributed by atoms with Crippen molar-refractivity contribution in [3.05, 3.63) is 78.2 Å². The Hall–Kier alpha value is -3.74. The second kappa shape index (κ2) is 8.09. The molecule has 2 N–H and O–H groups in total. The van der Waals surface area contributed by atoms with Gasteiger partial charge in [0.25, 0.3) is 5.91 Å². The van der Waals surface area contributed by atoms with E-state index in [1.807, 2.05) is 18.2 Å². The lowest BCUT2D eigenvalue weighted by atomic mass is 10.2. The van der Waals surface area contributed by atoms with Crippen LogP contribution in [0.4, 0.5) is 15.8 Å². The van der Waals surface area contributed by atoms with Crippen LogP contribution in [0.2, 0.25) is 0 Å². The molecular formula is C20H16FN3O3. The minimum Gasteiger partial charge on any atom is -0.439 e. The predicted octanol–water partition coefficient (Wildman–Crippen LogP) is 4.22. The molecule has 0 aliphatic rings. The Morgan fingerprint density at radius 1 is 1.00 bits per heavy atom. The van der Waals surface area contributed by atoms with E-state index in [4.69, 9.17) is 4.74 Å². The number of para-hydroxylation sites is 1. The van der Waals surface area contributed by atoms with E-state index in [1.54, 1.807) is 18.2 Å². The Kier molecular flexibility index (Phi) is 5.41. The fourth-order valence-corrected chi connectivity index (χ4v) is 2.28. The minimum absolute atomic E-state index is 0.0455. The lowest BCUT2D eigenvalue weighted by Crippen LogP contribution is -2.14. The van der Waals surface area contributed by atoms with E-state index in [2.05, 4.69) is 15.6 Å². The van der Waals surface area contributed by atoms with E-state index >= 15 is 0 Å². The summed E-state index contributed by atoms with van der Waals surface area (Å²) in [6.45, 7) is 1.34. The van der Waals surface area contributed by atoms with Crippen LogP contribution in [0.15, 0.2) is 66.9 Å². The third kappa shape index (κ3) is 4.88. The van der Waals surface area contributed by atoms with E-state index in [0.29, 0.717) is 17.3 Å². The lowest BCUT2D eigenvalue weighted by molar-refractivity contribution is -0.114. The zero-order valence-electron chi connectivity index (χ0n) is 14.4. The molecule has 7 heteroatoms. The zero-order chi connectivity index (χ0) is 19.2. The second-order valence-electron chi connectivity index (χ2n) is 5.63. The van der Waals surface area contributed by atoms with Crippen LogP contribution < -0.4 is 15.4 Å². The van der Waals surface area contributed by atoms with E-state index in [1.165, 1.54) is 31.3 Å². The molecule has 1 aromatic heterocycles. The number of halogens is 1. The fraction of sp³-hybridized carbons (Fsp3) is 0.0500. The average molecular weight is 365 g/mol. The molecule has 2 amide bonds. The van der Waals surface area contributed by atoms with Crippen molar-refractivity contribution in [2.75, 3.05) is 10.6 Å². The molecule has 0 saturated carbocycles. The van der Waals surface area contributed by atoms with Gasteiger partial charge in [-0.3, -0.25) is 9.59 Å². The molecule has 2 aromatic carbocycles. The number of rotatable bonds is 5. The summed E-state index contributed by atoms with van der Waals surface area (Å²) in [6.07, 6.45) is 1.34. The van der Waals surface area contributed by atoms with Gasteiger partial charge in [-0.05, 0) is 36.4 Å². The number of ether oxygens (including phenoxy) is 1. The Morgan fingerprint density at radius 3 is 2.44 bits per heavy atom. The smallest absolute Gasteiger partial charge is 0.257 e. The highest BCUT2D eigenvalue weighted by molar-refractivity contribution is 6.04. The van der Waals surface area contributed by atoms with Crippen LogP contribution >= 0.6 is 0 Å². The molecule has 0 saturated heterocycles. The second-order valence-corrected chi connectivity index (χ2v) is 5.63. The lowest BCUT2D eigenvalue weighted by Gasteiger charge is -2.09. The van der Waals surface area contributed by atoms with Gasteiger partial charge in [-0.15, -0.1) is 0 Å². The zero-order valence-corrected chi connectivity index (χ0v) is 14.4. The van der Waals surface area contributed by atoms with Crippen LogP contribution in [-0.2, 0) is 4.79 Å². The SMILES string of the molecule is CC(=O)Nc1ccc(F)c(NC(=O)c2ccc(Oc3ccccc3)nc2)c1. The highest BCUT2D eigenvalue weighted by atomic mass is 19.1. The van der Waals surface area contributed by atoms with Crippen molar-refractivity contribution in [1.82, 2.24) is 4.98 Å². The molecule has 3 aromatic rings. The third-order valence-corrected chi connectivity index (χ3v) is 3.50. The Morgan fingerprint density at radius 2 is 1.78 bits per heavy atom. The van der Waals surface area contributed by atoms with Crippen molar-refractivity contribution in [3.8, 4) is 11.6 Å². The number of nitrogens with one attached hydrogen (secondary N) is 2. The highest BCUT2D eigenvalue weighted by Gasteiger charge is 2.11. The van der Waals surface area contributed by atoms with E-state index < -0.39 is 11.7 Å². The number of amides is 2. The molecule has 0 spiro atoms. The molecule has 0 unspecified atom stereocenters. The maximum Gasteiger partial charge on any atom is 0.257 e. The quantitative estimate of drug-likeness (QED) is 0.709. The molecule has 6 nitrogen and oxygen atoms in total. The number of aromatic nitrogens is 1. The highest BCUT2D eigenvalue weighted by Crippen LogP contribution is 2.22. The molecule has 3 rings (SSSR count). The first-order valence-electron chi connectivity index (χ1n) is 8.09. The maximum absolute atomic E-state index is 13.9. The van der Waals surface area contributed by atoms with Gasteiger partial charge in [0.05, 0.1) is 11.3 Å². The first kappa shape index (κ1) is 18.1. The number of pyridine rings is 1. The Labute approximate surface area is 155 Å². The van der Waals surface area contributed by atoms with Crippen molar-refractivity contribution < 1.29 is 18.7 Å². The summed E-state index contributed by atoms with van der Waals surface area (Å²) >= 11 is 0. The van der Waals surface area contributed by atoms with Crippen LogP contribution in [0.25, 0.3) is 0 Å². The Balaban J connectivity index is 1.70. The molecule has 0 aliphatic carbocycles. The summed E-state index contributed by atoms with van der Waals surface area (Å²) in [5.74, 6) is -0.491. The third-order valence-electron chi connectivity index (χ3n) is 3.50. The maximum atomic E-state index is 13.9. The molecule has 0 aliphatic heterocycles. The van der Waals surface area contributed by atoms with E-state index in [9.17, 15) is 14.0 Å². The topological polar surface area (TPSA) is 80.3 Å². The molecule has 0 radical (unpaired) electrons. The predicted molar refractivity (Wildman–Crippen MR) is 99.4 cm³/mol. The fourth-order valence-electron chi connectivity index (χ4n) is 2.28. The summed E-state index contributed by atoms with van der Waals surface area (Å²) in [7, 11) is 0. The number of anilines is 2. The van der Waals surface area contributed by atoms with Crippen LogP contribution in [0.3, 0.4) is 0 Å². The van der Waals surface area contributed by atoms with Gasteiger partial charge in [0, 0.05) is 24.9 Å². The largest absolute Gasteiger partial charge is 0.439 e. The monoisotopic (exact) mass is 365 g/mol.